The van der Waals surface area contributed by atoms with Crippen LogP contribution in [0.5, 0.6) is 5.75 Å². The number of nitrogens with one attached hydrogen (secondary N) is 1. The molecule has 0 saturated heterocycles. The predicted molar refractivity (Wildman–Crippen MR) is 115 cm³/mol. The van der Waals surface area contributed by atoms with Gasteiger partial charge in [-0.15, -0.1) is 0 Å². The number of carbonyl (C=O) groups is 2. The Hall–Kier alpha value is -2.83. The van der Waals surface area contributed by atoms with E-state index in [2.05, 4.69) is 12.2 Å². The molecule has 1 heterocycles. The molecule has 1 aromatic heterocycles. The van der Waals surface area contributed by atoms with Crippen LogP contribution in [0.25, 0.3) is 11.0 Å². The zero-order valence-corrected chi connectivity index (χ0v) is 18.6. The van der Waals surface area contributed by atoms with Crippen molar-refractivity contribution in [3.05, 3.63) is 39.7 Å². The van der Waals surface area contributed by atoms with Crippen LogP contribution in [0.15, 0.2) is 27.4 Å². The number of benzene rings is 1. The van der Waals surface area contributed by atoms with Crippen molar-refractivity contribution in [2.45, 2.75) is 78.9 Å². The molecule has 0 saturated carbocycles. The highest BCUT2D eigenvalue weighted by Gasteiger charge is 2.25. The smallest absolute Gasteiger partial charge is 0.408 e. The third-order valence-corrected chi connectivity index (χ3v) is 4.43. The fourth-order valence-electron chi connectivity index (χ4n) is 3.07. The summed E-state index contributed by atoms with van der Waals surface area (Å²) in [7, 11) is 0. The first-order valence-electron chi connectivity index (χ1n) is 10.3. The molecule has 0 radical (unpaired) electrons. The maximum atomic E-state index is 12.8. The number of unbranched alkanes of at least 4 members (excludes halogenated alkanes) is 1. The Bertz CT molecular complexity index is 970. The van der Waals surface area contributed by atoms with E-state index in [1.807, 2.05) is 6.92 Å². The molecule has 1 amide bonds. The van der Waals surface area contributed by atoms with E-state index in [9.17, 15) is 14.4 Å². The maximum Gasteiger partial charge on any atom is 0.408 e. The summed E-state index contributed by atoms with van der Waals surface area (Å²) in [5.74, 6) is -0.294. The highest BCUT2D eigenvalue weighted by Crippen LogP contribution is 2.31. The van der Waals surface area contributed by atoms with E-state index in [0.717, 1.165) is 24.0 Å². The Morgan fingerprint density at radius 3 is 2.47 bits per heavy atom. The second-order valence-corrected chi connectivity index (χ2v) is 8.36. The molecule has 1 aromatic carbocycles. The fraction of sp³-hybridized carbons (Fsp3) is 0.522. The van der Waals surface area contributed by atoms with Crippen molar-refractivity contribution in [3.63, 3.8) is 0 Å². The Balaban J connectivity index is 2.35. The van der Waals surface area contributed by atoms with Gasteiger partial charge in [0.15, 0.2) is 0 Å². The minimum Gasteiger partial charge on any atom is -0.444 e. The van der Waals surface area contributed by atoms with Crippen LogP contribution in [0, 0.1) is 6.92 Å². The van der Waals surface area contributed by atoms with Crippen LogP contribution >= 0.6 is 0 Å². The minimum atomic E-state index is -0.870. The summed E-state index contributed by atoms with van der Waals surface area (Å²) in [6.45, 7) is 10.9. The number of fused-ring (bicyclic) bond motifs is 1. The fourth-order valence-corrected chi connectivity index (χ4v) is 3.07. The first-order chi connectivity index (χ1) is 14.0. The molecule has 30 heavy (non-hydrogen) atoms. The number of alkyl carbamates (subject to hydrolysis) is 1. The van der Waals surface area contributed by atoms with Crippen molar-refractivity contribution < 1.29 is 23.5 Å². The summed E-state index contributed by atoms with van der Waals surface area (Å²) in [5, 5.41) is 3.16. The summed E-state index contributed by atoms with van der Waals surface area (Å²) in [6.07, 6.45) is 2.16. The zero-order valence-electron chi connectivity index (χ0n) is 18.6. The van der Waals surface area contributed by atoms with Crippen molar-refractivity contribution >= 4 is 23.0 Å². The van der Waals surface area contributed by atoms with Gasteiger partial charge in [0.2, 0.25) is 0 Å². The van der Waals surface area contributed by atoms with E-state index in [0.29, 0.717) is 29.6 Å². The standard InChI is InChI=1S/C23H31NO6/c1-7-9-10-15-13-19(25)28-17-11-14(3)12-18(20(15)17)29-21(26)16(8-2)24-22(27)30-23(4,5)6/h11-13,16H,7-10H2,1-6H3,(H,24,27)/t16-/m0/s1. The summed E-state index contributed by atoms with van der Waals surface area (Å²) in [6, 6.07) is 4.06. The second kappa shape index (κ2) is 9.78. The number of aryl methyl sites for hydroxylation is 2. The van der Waals surface area contributed by atoms with Crippen molar-refractivity contribution in [2.24, 2.45) is 0 Å². The van der Waals surface area contributed by atoms with Crippen LogP contribution in [0.3, 0.4) is 0 Å². The monoisotopic (exact) mass is 417 g/mol. The molecule has 1 N–H and O–H groups in total. The molecule has 0 spiro atoms. The molecular weight excluding hydrogens is 386 g/mol. The largest absolute Gasteiger partial charge is 0.444 e. The second-order valence-electron chi connectivity index (χ2n) is 8.36. The summed E-state index contributed by atoms with van der Waals surface area (Å²) < 4.78 is 16.3. The number of esters is 1. The van der Waals surface area contributed by atoms with Crippen LogP contribution in [0.1, 0.15) is 65.0 Å². The number of hydrogen-bond donors (Lipinski definition) is 1. The Morgan fingerprint density at radius 2 is 1.87 bits per heavy atom. The summed E-state index contributed by atoms with van der Waals surface area (Å²) in [5.41, 5.74) is 0.831. The molecule has 0 unspecified atom stereocenters. The first kappa shape index (κ1) is 23.4. The third kappa shape index (κ3) is 6.34. The molecule has 0 aliphatic carbocycles. The van der Waals surface area contributed by atoms with Gasteiger partial charge in [-0.2, -0.15) is 0 Å². The third-order valence-electron chi connectivity index (χ3n) is 4.43. The highest BCUT2D eigenvalue weighted by molar-refractivity contribution is 5.91. The van der Waals surface area contributed by atoms with Gasteiger partial charge < -0.3 is 19.2 Å². The van der Waals surface area contributed by atoms with Crippen LogP contribution in [0.2, 0.25) is 0 Å². The van der Waals surface area contributed by atoms with Crippen LogP contribution in [0.4, 0.5) is 4.79 Å². The normalized spacial score (nSPS) is 12.5. The Kier molecular flexibility index (Phi) is 7.65. The van der Waals surface area contributed by atoms with Gasteiger partial charge in [-0.1, -0.05) is 20.3 Å². The number of carbonyl (C=O) groups excluding carboxylic acids is 2. The van der Waals surface area contributed by atoms with E-state index in [1.54, 1.807) is 39.8 Å². The van der Waals surface area contributed by atoms with Crippen LogP contribution < -0.4 is 15.7 Å². The van der Waals surface area contributed by atoms with Crippen molar-refractivity contribution in [2.75, 3.05) is 0 Å². The molecule has 7 heteroatoms. The molecular formula is C23H31NO6. The Labute approximate surface area is 176 Å². The molecule has 7 nitrogen and oxygen atoms in total. The number of hydrogen-bond acceptors (Lipinski definition) is 6. The topological polar surface area (TPSA) is 94.8 Å². The van der Waals surface area contributed by atoms with Crippen molar-refractivity contribution in [1.82, 2.24) is 5.32 Å². The van der Waals surface area contributed by atoms with Gasteiger partial charge in [0, 0.05) is 6.07 Å². The predicted octanol–water partition coefficient (Wildman–Crippen LogP) is 4.65. The van der Waals surface area contributed by atoms with E-state index < -0.39 is 29.3 Å². The first-order valence-corrected chi connectivity index (χ1v) is 10.3. The summed E-state index contributed by atoms with van der Waals surface area (Å²) in [4.78, 5) is 36.8. The molecule has 0 aliphatic heterocycles. The van der Waals surface area contributed by atoms with Crippen molar-refractivity contribution in [1.29, 1.82) is 0 Å². The SMILES string of the molecule is CCCCc1cc(=O)oc2cc(C)cc(OC(=O)[C@H](CC)NC(=O)OC(C)(C)C)c12. The van der Waals surface area contributed by atoms with E-state index >= 15 is 0 Å². The number of ether oxygens (including phenoxy) is 2. The van der Waals surface area contributed by atoms with Crippen LogP contribution in [-0.2, 0) is 16.0 Å². The van der Waals surface area contributed by atoms with E-state index in [1.165, 1.54) is 6.07 Å². The van der Waals surface area contributed by atoms with Crippen LogP contribution in [-0.4, -0.2) is 23.7 Å². The molecule has 0 bridgehead atoms. The van der Waals surface area contributed by atoms with Gasteiger partial charge in [-0.3, -0.25) is 0 Å². The van der Waals surface area contributed by atoms with Gasteiger partial charge in [0.05, 0.1) is 5.39 Å². The van der Waals surface area contributed by atoms with E-state index in [4.69, 9.17) is 13.9 Å². The lowest BCUT2D eigenvalue weighted by atomic mass is 10.0. The lowest BCUT2D eigenvalue weighted by molar-refractivity contribution is -0.136. The highest BCUT2D eigenvalue weighted by atomic mass is 16.6. The van der Waals surface area contributed by atoms with Gasteiger partial charge in [-0.25, -0.2) is 14.4 Å². The maximum absolute atomic E-state index is 12.8. The number of rotatable bonds is 7. The van der Waals surface area contributed by atoms with Crippen molar-refractivity contribution in [3.8, 4) is 5.75 Å². The summed E-state index contributed by atoms with van der Waals surface area (Å²) >= 11 is 0. The van der Waals surface area contributed by atoms with Gasteiger partial charge in [-0.05, 0) is 70.2 Å². The lowest BCUT2D eigenvalue weighted by Gasteiger charge is -2.22. The number of amides is 1. The van der Waals surface area contributed by atoms with Gasteiger partial charge >= 0.3 is 17.7 Å². The quantitative estimate of drug-likeness (QED) is 0.400. The van der Waals surface area contributed by atoms with Gasteiger partial charge in [0.1, 0.15) is 23.0 Å². The minimum absolute atomic E-state index is 0.314. The average molecular weight is 418 g/mol. The van der Waals surface area contributed by atoms with Gasteiger partial charge in [0.25, 0.3) is 0 Å². The zero-order chi connectivity index (χ0) is 22.5. The average Bonchev–Trinajstić information content (AvgIpc) is 2.61. The molecule has 164 valence electrons. The molecule has 0 aliphatic rings. The lowest BCUT2D eigenvalue weighted by Crippen LogP contribution is -2.44. The molecule has 0 fully saturated rings. The molecule has 2 rings (SSSR count). The Morgan fingerprint density at radius 1 is 1.17 bits per heavy atom. The van der Waals surface area contributed by atoms with E-state index in [-0.39, 0.29) is 0 Å². The molecule has 2 aromatic rings. The molecule has 1 atom stereocenters.